The van der Waals surface area contributed by atoms with Crippen molar-refractivity contribution in [2.45, 2.75) is 487 Å². The average Bonchev–Trinajstić information content (AvgIpc) is 0.657. The van der Waals surface area contributed by atoms with Crippen molar-refractivity contribution in [3.05, 3.63) is 0 Å². The van der Waals surface area contributed by atoms with Gasteiger partial charge in [0, 0.05) is 12.8 Å². The number of nitrogens with one attached hydrogen (secondary N) is 2. The molecule has 2 fully saturated rings. The van der Waals surface area contributed by atoms with Crippen molar-refractivity contribution in [2.75, 3.05) is 13.2 Å². The fraction of sp³-hybridized carbons (Fsp3) is 0.929. The zero-order valence-corrected chi connectivity index (χ0v) is 69.7. The van der Waals surface area contributed by atoms with Gasteiger partial charge in [0.15, 0.2) is 24.8 Å². The van der Waals surface area contributed by atoms with Crippen LogP contribution >= 0.6 is 7.82 Å². The fourth-order valence-corrected chi connectivity index (χ4v) is 15.2. The molecule has 0 bridgehead atoms. The number of hydrogen-bond donors (Lipinski definition) is 9. The molecule has 2 aliphatic heterocycles. The third kappa shape index (κ3) is 51.2. The summed E-state index contributed by atoms with van der Waals surface area (Å²) in [4.78, 5) is 106. The van der Waals surface area contributed by atoms with Gasteiger partial charge < -0.3 is 79.1 Å². The van der Waals surface area contributed by atoms with Crippen molar-refractivity contribution in [3.8, 4) is 0 Å². The molecule has 640 valence electrons. The standard InChI is InChI=1S/C84H157N2O22P/c1-7-13-19-25-31-33-39-45-51-57-73(92)102-67(55-49-43-37-29-23-17-11-5)61-72(91)86-78-82(107-76(95)62-68(56-50-44-38-30-24-18-12-6)103-74(93)58-52-46-40-34-32-26-20-14-8-2)80(108-109(98,99)100)69(63-87)105-84(78)101-64-70-79(96)81(106-75(94)60-66(89)54-48-42-36-28-22-16-10-4)77(83(97)104-70)85-71(90)59-65(88)53-47-41-35-27-21-15-9-3/h65-70,77-84,87-89,96-97H,7-64H2,1-6H3,(H,85,90)(H,86,91)(H2,98,99,100)/t65-,66-,67-,68-,69?,70?,77?,78?,79-,80-,81-,82-,83-,84-/m1/s1. The molecule has 0 aromatic carbocycles. The van der Waals surface area contributed by atoms with Gasteiger partial charge in [-0.2, -0.15) is 0 Å². The van der Waals surface area contributed by atoms with Gasteiger partial charge in [-0.25, -0.2) is 4.57 Å². The van der Waals surface area contributed by atoms with E-state index in [4.69, 9.17) is 37.7 Å². The van der Waals surface area contributed by atoms with E-state index in [2.05, 4.69) is 52.2 Å². The van der Waals surface area contributed by atoms with Crippen molar-refractivity contribution in [1.82, 2.24) is 10.6 Å². The Balaban J connectivity index is 2.73. The largest absolute Gasteiger partial charge is 0.470 e. The number of unbranched alkanes of at least 4 members (excludes halogenated alkanes) is 40. The van der Waals surface area contributed by atoms with E-state index in [0.29, 0.717) is 51.4 Å². The number of carbonyl (C=O) groups excluding carboxylic acids is 6. The Morgan fingerprint density at radius 3 is 1.13 bits per heavy atom. The molecule has 0 aromatic heterocycles. The topological polar surface area (TPSA) is 359 Å². The summed E-state index contributed by atoms with van der Waals surface area (Å²) in [6.45, 7) is 11.0. The minimum atomic E-state index is -5.61. The molecular formula is C84H157N2O22P. The number of aliphatic hydroxyl groups excluding tert-OH is 5. The second-order valence-electron chi connectivity index (χ2n) is 31.4. The molecular weight excluding hydrogens is 1420 g/mol. The van der Waals surface area contributed by atoms with Gasteiger partial charge >= 0.3 is 31.7 Å². The number of carbonyl (C=O) groups is 6. The highest BCUT2D eigenvalue weighted by molar-refractivity contribution is 7.46. The number of hydrogen-bond acceptors (Lipinski definition) is 20. The van der Waals surface area contributed by atoms with Gasteiger partial charge in [-0.1, -0.05) is 311 Å². The van der Waals surface area contributed by atoms with Crippen molar-refractivity contribution in [2.24, 2.45) is 0 Å². The van der Waals surface area contributed by atoms with E-state index in [1.54, 1.807) is 0 Å². The van der Waals surface area contributed by atoms with Crippen LogP contribution in [0.4, 0.5) is 0 Å². The molecule has 0 aromatic rings. The molecule has 4 unspecified atom stereocenters. The maximum Gasteiger partial charge on any atom is 0.470 e. The van der Waals surface area contributed by atoms with Gasteiger partial charge in [-0.05, 0) is 51.4 Å². The molecule has 0 saturated carbocycles. The van der Waals surface area contributed by atoms with Crippen molar-refractivity contribution >= 4 is 43.5 Å². The fourth-order valence-electron chi connectivity index (χ4n) is 14.6. The number of phosphoric acid groups is 1. The van der Waals surface area contributed by atoms with E-state index in [-0.39, 0.29) is 25.7 Å². The number of aliphatic hydroxyl groups is 5. The highest BCUT2D eigenvalue weighted by Gasteiger charge is 2.54. The third-order valence-corrected chi connectivity index (χ3v) is 21.6. The molecule has 109 heavy (non-hydrogen) atoms. The maximum atomic E-state index is 15.0. The number of amides is 2. The first-order valence-electron chi connectivity index (χ1n) is 44.0. The summed E-state index contributed by atoms with van der Waals surface area (Å²) < 4.78 is 61.2. The normalized spacial score (nSPS) is 21.3. The quantitative estimate of drug-likeness (QED) is 0.0118. The van der Waals surface area contributed by atoms with Crippen LogP contribution in [0.3, 0.4) is 0 Å². The van der Waals surface area contributed by atoms with E-state index in [1.807, 2.05) is 0 Å². The second-order valence-corrected chi connectivity index (χ2v) is 32.6. The van der Waals surface area contributed by atoms with Gasteiger partial charge in [0.05, 0.1) is 51.1 Å². The van der Waals surface area contributed by atoms with Crippen molar-refractivity contribution in [3.63, 3.8) is 0 Å². The lowest BCUT2D eigenvalue weighted by Gasteiger charge is -2.46. The van der Waals surface area contributed by atoms with Crippen LogP contribution in [0, 0.1) is 0 Å². The number of esters is 4. The Labute approximate surface area is 657 Å². The third-order valence-electron chi connectivity index (χ3n) is 21.1. The van der Waals surface area contributed by atoms with Crippen LogP contribution in [-0.4, -0.2) is 170 Å². The number of phosphoric ester groups is 1. The molecule has 2 amide bonds. The van der Waals surface area contributed by atoms with Crippen LogP contribution in [0.1, 0.15) is 401 Å². The Hall–Kier alpha value is -3.39. The van der Waals surface area contributed by atoms with Gasteiger partial charge in [-0.3, -0.25) is 33.3 Å². The minimum Gasteiger partial charge on any atom is -0.462 e. The summed E-state index contributed by atoms with van der Waals surface area (Å²) in [5.74, 6) is -4.59. The van der Waals surface area contributed by atoms with Crippen LogP contribution in [0.15, 0.2) is 0 Å². The van der Waals surface area contributed by atoms with Gasteiger partial charge in [0.25, 0.3) is 0 Å². The molecule has 2 saturated heterocycles. The van der Waals surface area contributed by atoms with E-state index in [1.165, 1.54) is 38.5 Å². The monoisotopic (exact) mass is 1580 g/mol. The predicted molar refractivity (Wildman–Crippen MR) is 423 cm³/mol. The van der Waals surface area contributed by atoms with Crippen LogP contribution in [0.25, 0.3) is 0 Å². The van der Waals surface area contributed by atoms with Gasteiger partial charge in [-0.15, -0.1) is 0 Å². The zero-order valence-electron chi connectivity index (χ0n) is 68.8. The first kappa shape index (κ1) is 102. The molecule has 25 heteroatoms. The molecule has 24 nitrogen and oxygen atoms in total. The summed E-state index contributed by atoms with van der Waals surface area (Å²) in [6.07, 6.45) is 25.4. The first-order valence-corrected chi connectivity index (χ1v) is 45.5. The van der Waals surface area contributed by atoms with Crippen molar-refractivity contribution < 1.29 is 106 Å². The SMILES string of the molecule is CCCCCCCCCCCC(=O)O[C@H](CCCCCCCCC)CC(=O)NC1[C@H](OCC2O[C@@H](O)C(NC(=O)C[C@H](O)CCCCCCCCC)[C@@H](OC(=O)C[C@H](O)CCCCCCCCC)[C@@H]2O)OC(CO)[C@@H](OP(=O)(O)O)[C@@H]1OC(=O)C[C@@H](CCCCCCCCC)OC(=O)CCCCCCCCCCC. The number of ether oxygens (including phenoxy) is 7. The smallest absolute Gasteiger partial charge is 0.462 e. The Morgan fingerprint density at radius 2 is 0.725 bits per heavy atom. The zero-order chi connectivity index (χ0) is 80.1. The molecule has 14 atom stereocenters. The predicted octanol–water partition coefficient (Wildman–Crippen LogP) is 16.6. The Kier molecular flexibility index (Phi) is 61.4. The lowest BCUT2D eigenvalue weighted by molar-refractivity contribution is -0.298. The summed E-state index contributed by atoms with van der Waals surface area (Å²) in [5, 5.41) is 62.6. The second kappa shape index (κ2) is 65.8. The summed E-state index contributed by atoms with van der Waals surface area (Å²) in [6, 6.07) is -3.46. The molecule has 0 radical (unpaired) electrons. The Morgan fingerprint density at radius 1 is 0.385 bits per heavy atom. The van der Waals surface area contributed by atoms with Crippen LogP contribution in [0.5, 0.6) is 0 Å². The lowest BCUT2D eigenvalue weighted by Crippen LogP contribution is -2.68. The van der Waals surface area contributed by atoms with E-state index >= 15 is 0 Å². The molecule has 0 aliphatic carbocycles. The molecule has 2 aliphatic rings. The van der Waals surface area contributed by atoms with Crippen molar-refractivity contribution in [1.29, 1.82) is 0 Å². The molecule has 2 rings (SSSR count). The maximum absolute atomic E-state index is 15.0. The van der Waals surface area contributed by atoms with E-state index < -0.39 is 168 Å². The summed E-state index contributed by atoms with van der Waals surface area (Å²) >= 11 is 0. The lowest BCUT2D eigenvalue weighted by atomic mass is 9.95. The Bertz CT molecular complexity index is 2340. The average molecular weight is 1580 g/mol. The molecule has 9 N–H and O–H groups in total. The summed E-state index contributed by atoms with van der Waals surface area (Å²) in [7, 11) is -5.61. The molecule has 0 spiro atoms. The molecule has 2 heterocycles. The highest BCUT2D eigenvalue weighted by Crippen LogP contribution is 2.43. The van der Waals surface area contributed by atoms with Crippen LogP contribution in [0.2, 0.25) is 0 Å². The van der Waals surface area contributed by atoms with Gasteiger partial charge in [0.1, 0.15) is 48.7 Å². The van der Waals surface area contributed by atoms with Gasteiger partial charge in [0.2, 0.25) is 11.8 Å². The minimum absolute atomic E-state index is 0.108. The first-order chi connectivity index (χ1) is 52.6. The van der Waals surface area contributed by atoms with Crippen LogP contribution < -0.4 is 10.6 Å². The van der Waals surface area contributed by atoms with E-state index in [0.717, 1.165) is 218 Å². The summed E-state index contributed by atoms with van der Waals surface area (Å²) in [5.41, 5.74) is 0. The van der Waals surface area contributed by atoms with E-state index in [9.17, 15) is 68.7 Å². The van der Waals surface area contributed by atoms with Crippen LogP contribution in [-0.2, 0) is 71.0 Å². The highest BCUT2D eigenvalue weighted by atomic mass is 31.2. The number of rotatable bonds is 72.